The Balaban J connectivity index is 0. The minimum atomic E-state index is -5.89. The molecule has 154 valence electrons. The van der Waals surface area contributed by atoms with Crippen LogP contribution in [0.5, 0.6) is 0 Å². The van der Waals surface area contributed by atoms with Crippen LogP contribution in [0.25, 0.3) is 0 Å². The lowest BCUT2D eigenvalue weighted by Crippen LogP contribution is -2.42. The van der Waals surface area contributed by atoms with E-state index in [1.165, 1.54) is 0 Å². The highest BCUT2D eigenvalue weighted by Gasteiger charge is 2.57. The van der Waals surface area contributed by atoms with Gasteiger partial charge in [-0.2, -0.15) is 22.0 Å². The Morgan fingerprint density at radius 2 is 1.40 bits per heavy atom. The Morgan fingerprint density at radius 3 is 1.76 bits per heavy atom. The van der Waals surface area contributed by atoms with Gasteiger partial charge in [-0.15, -0.1) is 0 Å². The van der Waals surface area contributed by atoms with Gasteiger partial charge in [0.15, 0.2) is 0 Å². The third-order valence-corrected chi connectivity index (χ3v) is 3.77. The lowest BCUT2D eigenvalue weighted by Gasteiger charge is -2.30. The third-order valence-electron chi connectivity index (χ3n) is 2.66. The molecule has 0 saturated carbocycles. The van der Waals surface area contributed by atoms with Crippen LogP contribution in [0.3, 0.4) is 0 Å². The maximum absolute atomic E-state index is 12.7. The highest BCUT2D eigenvalue weighted by molar-refractivity contribution is 7.85. The summed E-state index contributed by atoms with van der Waals surface area (Å²) in [7, 11) is -10.1. The van der Waals surface area contributed by atoms with E-state index in [1.807, 2.05) is 0 Å². The topological polar surface area (TPSA) is 169 Å². The highest BCUT2D eigenvalue weighted by atomic mass is 32.3. The molecule has 0 amide bonds. The summed E-state index contributed by atoms with van der Waals surface area (Å²) in [4.78, 5) is 0. The van der Waals surface area contributed by atoms with Crippen LogP contribution in [0.1, 0.15) is 13.3 Å². The Bertz CT molecular complexity index is 582. The van der Waals surface area contributed by atoms with E-state index in [0.717, 1.165) is 6.92 Å². The first-order valence-electron chi connectivity index (χ1n) is 5.93. The van der Waals surface area contributed by atoms with Crippen LogP contribution in [0.15, 0.2) is 0 Å². The van der Waals surface area contributed by atoms with E-state index in [1.54, 1.807) is 0 Å². The van der Waals surface area contributed by atoms with E-state index >= 15 is 0 Å². The molecule has 9 nitrogen and oxygen atoms in total. The number of hydrogen-bond donors (Lipinski definition) is 1. The summed E-state index contributed by atoms with van der Waals surface area (Å²) in [5.41, 5.74) is -1.80. The Hall–Kier alpha value is -0.650. The minimum absolute atomic E-state index is 0. The largest absolute Gasteiger partial charge is 0.748 e. The van der Waals surface area contributed by atoms with Gasteiger partial charge in [0.1, 0.15) is 6.61 Å². The van der Waals surface area contributed by atoms with Crippen LogP contribution in [-0.2, 0) is 29.4 Å². The van der Waals surface area contributed by atoms with Crippen molar-refractivity contribution >= 4 is 20.5 Å². The van der Waals surface area contributed by atoms with Crippen molar-refractivity contribution in [2.24, 2.45) is 5.41 Å². The van der Waals surface area contributed by atoms with Crippen LogP contribution < -0.4 is 6.15 Å². The van der Waals surface area contributed by atoms with Crippen LogP contribution in [0, 0.1) is 5.41 Å². The van der Waals surface area contributed by atoms with Crippen molar-refractivity contribution in [3.8, 4) is 0 Å². The molecule has 0 rings (SSSR count). The second-order valence-corrected chi connectivity index (χ2v) is 7.76. The van der Waals surface area contributed by atoms with Gasteiger partial charge in [-0.3, -0.25) is 4.18 Å². The predicted octanol–water partition coefficient (Wildman–Crippen LogP) is 0.995. The summed E-state index contributed by atoms with van der Waals surface area (Å²) < 4.78 is 132. The van der Waals surface area contributed by atoms with Crippen molar-refractivity contribution in [2.45, 2.75) is 25.4 Å². The molecule has 0 aliphatic heterocycles. The molecule has 0 aromatic heterocycles. The zero-order chi connectivity index (χ0) is 19.4. The van der Waals surface area contributed by atoms with Crippen molar-refractivity contribution in [1.29, 1.82) is 0 Å². The van der Waals surface area contributed by atoms with Crippen LogP contribution in [-0.4, -0.2) is 63.6 Å². The average Bonchev–Trinajstić information content (AvgIpc) is 2.31. The number of hydrogen-bond acceptors (Lipinski definition) is 8. The quantitative estimate of drug-likeness (QED) is 0.306. The van der Waals surface area contributed by atoms with Crippen molar-refractivity contribution in [3.63, 3.8) is 0 Å². The van der Waals surface area contributed by atoms with Crippen molar-refractivity contribution in [3.05, 3.63) is 0 Å². The molecule has 0 aliphatic carbocycles. The molecule has 16 heteroatoms. The molecule has 1 unspecified atom stereocenters. The van der Waals surface area contributed by atoms with Gasteiger partial charge in [-0.1, -0.05) is 6.92 Å². The lowest BCUT2D eigenvalue weighted by molar-refractivity contribution is -0.298. The Kier molecular flexibility index (Phi) is 9.38. The Labute approximate surface area is 140 Å². The molecule has 0 saturated heterocycles. The van der Waals surface area contributed by atoms with E-state index < -0.39 is 70.0 Å². The number of rotatable bonds is 10. The maximum atomic E-state index is 12.7. The zero-order valence-electron chi connectivity index (χ0n) is 13.0. The highest BCUT2D eigenvalue weighted by Crippen LogP contribution is 2.36. The lowest BCUT2D eigenvalue weighted by atomic mass is 9.90. The maximum Gasteiger partial charge on any atom is 0.455 e. The van der Waals surface area contributed by atoms with Gasteiger partial charge in [0.05, 0.1) is 23.3 Å². The summed E-state index contributed by atoms with van der Waals surface area (Å²) in [5.74, 6) is -6.31. The van der Waals surface area contributed by atoms with E-state index in [9.17, 15) is 47.9 Å². The van der Waals surface area contributed by atoms with Gasteiger partial charge in [0.2, 0.25) is 10.4 Å². The Morgan fingerprint density at radius 1 is 0.920 bits per heavy atom. The number of halogens is 5. The van der Waals surface area contributed by atoms with Crippen molar-refractivity contribution in [2.75, 3.05) is 25.6 Å². The summed E-state index contributed by atoms with van der Waals surface area (Å²) in [6.07, 6.45) is -6.59. The normalized spacial score (nSPS) is 16.2. The van der Waals surface area contributed by atoms with Crippen molar-refractivity contribution in [1.82, 2.24) is 6.15 Å². The number of ether oxygens (including phenoxy) is 1. The van der Waals surface area contributed by atoms with Crippen LogP contribution >= 0.6 is 0 Å². The van der Waals surface area contributed by atoms with E-state index in [0.29, 0.717) is 0 Å². The third kappa shape index (κ3) is 11.6. The molecule has 0 bridgehead atoms. The smallest absolute Gasteiger partial charge is 0.455 e. The molecule has 4 N–H and O–H groups in total. The number of quaternary nitrogens is 1. The first-order valence-corrected chi connectivity index (χ1v) is 8.84. The summed E-state index contributed by atoms with van der Waals surface area (Å²) in [6, 6.07) is 0. The molecule has 25 heavy (non-hydrogen) atoms. The SMILES string of the molecule is CC(CCS(=O)(=O)[O-])(COCC(F)(F)C(F)(F)F)COS(=O)(=O)[O-].[NH4+]. The van der Waals surface area contributed by atoms with Crippen LogP contribution in [0.2, 0.25) is 0 Å². The predicted molar refractivity (Wildman–Crippen MR) is 70.7 cm³/mol. The summed E-state index contributed by atoms with van der Waals surface area (Å²) >= 11 is 0. The van der Waals surface area contributed by atoms with Gasteiger partial charge in [-0.05, 0) is 6.42 Å². The van der Waals surface area contributed by atoms with Gasteiger partial charge >= 0.3 is 12.1 Å². The molecular formula is C9H17F5NO8S2-. The molecule has 0 aromatic carbocycles. The van der Waals surface area contributed by atoms with E-state index in [-0.39, 0.29) is 6.15 Å². The molecular weight excluding hydrogens is 409 g/mol. The molecule has 0 heterocycles. The van der Waals surface area contributed by atoms with Gasteiger partial charge < -0.3 is 20.0 Å². The molecule has 0 aliphatic rings. The monoisotopic (exact) mass is 426 g/mol. The summed E-state index contributed by atoms with van der Waals surface area (Å²) in [6.45, 7) is -3.24. The van der Waals surface area contributed by atoms with Crippen molar-refractivity contribution < 1.29 is 56.8 Å². The fourth-order valence-corrected chi connectivity index (χ4v) is 2.45. The van der Waals surface area contributed by atoms with Crippen LogP contribution in [0.4, 0.5) is 22.0 Å². The van der Waals surface area contributed by atoms with Gasteiger partial charge in [0, 0.05) is 11.2 Å². The first-order chi connectivity index (χ1) is 10.4. The second kappa shape index (κ2) is 8.83. The zero-order valence-corrected chi connectivity index (χ0v) is 14.6. The number of alkyl halides is 5. The second-order valence-electron chi connectivity index (χ2n) is 5.19. The van der Waals surface area contributed by atoms with Gasteiger partial charge in [-0.25, -0.2) is 16.8 Å². The molecule has 0 aromatic rings. The molecule has 1 atom stereocenters. The standard InChI is InChI=1S/C9H15F5O8S2.H3N/c1-7(2-3-23(15,16)17,5-22-24(18,19)20)4-21-6-8(10,11)9(12,13)14;/h2-6H2,1H3,(H,15,16,17)(H,18,19,20);1H3/p-1. The van der Waals surface area contributed by atoms with Gasteiger partial charge in [0.25, 0.3) is 0 Å². The fraction of sp³-hybridized carbons (Fsp3) is 1.00. The minimum Gasteiger partial charge on any atom is -0.748 e. The van der Waals surface area contributed by atoms with E-state index in [2.05, 4.69) is 8.92 Å². The molecule has 0 spiro atoms. The summed E-state index contributed by atoms with van der Waals surface area (Å²) in [5, 5.41) is 0. The molecule has 0 radical (unpaired) electrons. The molecule has 0 fully saturated rings. The first kappa shape index (κ1) is 26.6. The average molecular weight is 426 g/mol. The van der Waals surface area contributed by atoms with E-state index in [4.69, 9.17) is 0 Å². The fourth-order valence-electron chi connectivity index (χ4n) is 1.28.